The fourth-order valence-electron chi connectivity index (χ4n) is 2.40. The van der Waals surface area contributed by atoms with Crippen molar-refractivity contribution in [2.45, 2.75) is 18.7 Å². The van der Waals surface area contributed by atoms with Crippen LogP contribution in [0.1, 0.15) is 20.8 Å². The predicted molar refractivity (Wildman–Crippen MR) is 97.1 cm³/mol. The van der Waals surface area contributed by atoms with Gasteiger partial charge in [0.15, 0.2) is 0 Å². The molecule has 0 aliphatic heterocycles. The van der Waals surface area contributed by atoms with Crippen LogP contribution in [0.15, 0.2) is 47.4 Å². The van der Waals surface area contributed by atoms with Crippen molar-refractivity contribution in [3.05, 3.63) is 58.5 Å². The smallest absolute Gasteiger partial charge is 0.265 e. The highest BCUT2D eigenvalue weighted by Crippen LogP contribution is 2.28. The Labute approximate surface area is 144 Å². The second-order valence-corrected chi connectivity index (χ2v) is 8.21. The van der Waals surface area contributed by atoms with E-state index in [2.05, 4.69) is 5.32 Å². The largest absolute Gasteiger partial charge is 0.321 e. The molecule has 1 aromatic heterocycles. The zero-order valence-electron chi connectivity index (χ0n) is 13.2. The summed E-state index contributed by atoms with van der Waals surface area (Å²) in [5.74, 6) is -0.273. The lowest BCUT2D eigenvalue weighted by molar-refractivity contribution is 0.103. The summed E-state index contributed by atoms with van der Waals surface area (Å²) in [6, 6.07) is 12.4. The number of fused-ring (bicyclic) bond motifs is 1. The van der Waals surface area contributed by atoms with Crippen LogP contribution >= 0.6 is 11.3 Å². The molecule has 124 valence electrons. The molecule has 0 aliphatic rings. The molecule has 5 nitrogen and oxygen atoms in total. The first-order valence-corrected chi connectivity index (χ1v) is 9.56. The molecule has 0 unspecified atom stereocenters. The lowest BCUT2D eigenvalue weighted by Crippen LogP contribution is -2.15. The van der Waals surface area contributed by atoms with Gasteiger partial charge >= 0.3 is 0 Å². The van der Waals surface area contributed by atoms with Crippen LogP contribution in [0.3, 0.4) is 0 Å². The van der Waals surface area contributed by atoms with Crippen molar-refractivity contribution >= 4 is 43.0 Å². The maximum atomic E-state index is 12.5. The molecule has 0 atom stereocenters. The standard InChI is InChI=1S/C17H16N2O3S2/c1-10-7-13(24(18,21)22)9-14(11(10)2)19-17(20)16-8-12-5-3-4-6-15(12)23-16/h3-9H,1-2H3,(H,19,20)(H2,18,21,22). The van der Waals surface area contributed by atoms with Crippen molar-refractivity contribution in [1.82, 2.24) is 0 Å². The molecule has 24 heavy (non-hydrogen) atoms. The maximum Gasteiger partial charge on any atom is 0.265 e. The van der Waals surface area contributed by atoms with E-state index in [0.29, 0.717) is 10.6 Å². The molecule has 0 spiro atoms. The minimum atomic E-state index is -3.83. The number of hydrogen-bond donors (Lipinski definition) is 2. The normalized spacial score (nSPS) is 11.6. The molecule has 7 heteroatoms. The Hall–Kier alpha value is -2.22. The van der Waals surface area contributed by atoms with Crippen molar-refractivity contribution in [3.8, 4) is 0 Å². The quantitative estimate of drug-likeness (QED) is 0.750. The van der Waals surface area contributed by atoms with Gasteiger partial charge in [-0.1, -0.05) is 18.2 Å². The Kier molecular flexibility index (Phi) is 4.16. The first kappa shape index (κ1) is 16.6. The molecule has 3 aromatic rings. The highest BCUT2D eigenvalue weighted by atomic mass is 32.2. The third-order valence-corrected chi connectivity index (χ3v) is 5.87. The van der Waals surface area contributed by atoms with Crippen LogP contribution in [0, 0.1) is 13.8 Å². The SMILES string of the molecule is Cc1cc(S(N)(=O)=O)cc(NC(=O)c2cc3ccccc3s2)c1C. The van der Waals surface area contributed by atoms with E-state index in [0.717, 1.165) is 21.2 Å². The molecule has 3 rings (SSSR count). The van der Waals surface area contributed by atoms with E-state index < -0.39 is 10.0 Å². The predicted octanol–water partition coefficient (Wildman–Crippen LogP) is 3.42. The minimum Gasteiger partial charge on any atom is -0.321 e. The molecule has 1 heterocycles. The van der Waals surface area contributed by atoms with E-state index in [1.54, 1.807) is 6.92 Å². The molecule has 1 amide bonds. The highest BCUT2D eigenvalue weighted by Gasteiger charge is 2.16. The van der Waals surface area contributed by atoms with Gasteiger partial charge in [0.1, 0.15) is 0 Å². The monoisotopic (exact) mass is 360 g/mol. The van der Waals surface area contributed by atoms with Crippen molar-refractivity contribution in [2.75, 3.05) is 5.32 Å². The number of carbonyl (C=O) groups excluding carboxylic acids is 1. The van der Waals surface area contributed by atoms with Crippen LogP contribution < -0.4 is 10.5 Å². The summed E-state index contributed by atoms with van der Waals surface area (Å²) in [6.07, 6.45) is 0. The van der Waals surface area contributed by atoms with E-state index in [4.69, 9.17) is 5.14 Å². The summed E-state index contributed by atoms with van der Waals surface area (Å²) in [5, 5.41) is 8.99. The van der Waals surface area contributed by atoms with E-state index in [-0.39, 0.29) is 10.8 Å². The van der Waals surface area contributed by atoms with Gasteiger partial charge in [0.2, 0.25) is 10.0 Å². The molecule has 0 bridgehead atoms. The van der Waals surface area contributed by atoms with Crippen LogP contribution in [0.5, 0.6) is 0 Å². The van der Waals surface area contributed by atoms with Gasteiger partial charge in [-0.3, -0.25) is 4.79 Å². The topological polar surface area (TPSA) is 89.3 Å². The highest BCUT2D eigenvalue weighted by molar-refractivity contribution is 7.89. The lowest BCUT2D eigenvalue weighted by atomic mass is 10.1. The maximum absolute atomic E-state index is 12.5. The summed E-state index contributed by atoms with van der Waals surface area (Å²) in [6.45, 7) is 3.60. The van der Waals surface area contributed by atoms with Crippen molar-refractivity contribution in [1.29, 1.82) is 0 Å². The number of hydrogen-bond acceptors (Lipinski definition) is 4. The molecular formula is C17H16N2O3S2. The number of amides is 1. The van der Waals surface area contributed by atoms with Gasteiger partial charge in [0, 0.05) is 10.4 Å². The summed E-state index contributed by atoms with van der Waals surface area (Å²) >= 11 is 1.39. The number of benzene rings is 2. The average molecular weight is 360 g/mol. The Balaban J connectivity index is 1.98. The Morgan fingerprint density at radius 2 is 1.83 bits per heavy atom. The second-order valence-electron chi connectivity index (χ2n) is 5.56. The Bertz CT molecular complexity index is 1020. The van der Waals surface area contributed by atoms with Gasteiger partial charge in [0.05, 0.1) is 9.77 Å². The number of primary sulfonamides is 1. The van der Waals surface area contributed by atoms with Gasteiger partial charge in [-0.2, -0.15) is 0 Å². The fourth-order valence-corrected chi connectivity index (χ4v) is 3.98. The fraction of sp³-hybridized carbons (Fsp3) is 0.118. The summed E-state index contributed by atoms with van der Waals surface area (Å²) in [5.41, 5.74) is 1.99. The Morgan fingerprint density at radius 1 is 1.12 bits per heavy atom. The molecule has 0 radical (unpaired) electrons. The third-order valence-electron chi connectivity index (χ3n) is 3.87. The molecule has 0 saturated carbocycles. The van der Waals surface area contributed by atoms with Crippen LogP contribution in [0.2, 0.25) is 0 Å². The molecular weight excluding hydrogens is 344 g/mol. The molecule has 0 aliphatic carbocycles. The zero-order chi connectivity index (χ0) is 17.5. The number of nitrogens with two attached hydrogens (primary N) is 1. The third kappa shape index (κ3) is 3.19. The molecule has 0 saturated heterocycles. The second kappa shape index (κ2) is 6.01. The number of thiophene rings is 1. The summed E-state index contributed by atoms with van der Waals surface area (Å²) in [4.78, 5) is 13.1. The number of nitrogens with one attached hydrogen (secondary N) is 1. The van der Waals surface area contributed by atoms with Crippen molar-refractivity contribution in [2.24, 2.45) is 5.14 Å². The van der Waals surface area contributed by atoms with Gasteiger partial charge in [0.25, 0.3) is 5.91 Å². The number of carbonyl (C=O) groups is 1. The van der Waals surface area contributed by atoms with Crippen molar-refractivity contribution in [3.63, 3.8) is 0 Å². The number of aryl methyl sites for hydroxylation is 1. The number of sulfonamides is 1. The first-order chi connectivity index (χ1) is 11.3. The van der Waals surface area contributed by atoms with Crippen LogP contribution in [-0.2, 0) is 10.0 Å². The average Bonchev–Trinajstić information content (AvgIpc) is 2.94. The molecule has 2 aromatic carbocycles. The van der Waals surface area contributed by atoms with E-state index in [1.165, 1.54) is 23.5 Å². The lowest BCUT2D eigenvalue weighted by Gasteiger charge is -2.12. The van der Waals surface area contributed by atoms with E-state index in [9.17, 15) is 13.2 Å². The van der Waals surface area contributed by atoms with Gasteiger partial charge in [-0.15, -0.1) is 11.3 Å². The minimum absolute atomic E-state index is 0.0164. The first-order valence-electron chi connectivity index (χ1n) is 7.19. The number of rotatable bonds is 3. The van der Waals surface area contributed by atoms with Crippen LogP contribution in [0.25, 0.3) is 10.1 Å². The zero-order valence-corrected chi connectivity index (χ0v) is 14.8. The Morgan fingerprint density at radius 3 is 2.50 bits per heavy atom. The molecule has 3 N–H and O–H groups in total. The van der Waals surface area contributed by atoms with Crippen LogP contribution in [0.4, 0.5) is 5.69 Å². The van der Waals surface area contributed by atoms with Crippen LogP contribution in [-0.4, -0.2) is 14.3 Å². The van der Waals surface area contributed by atoms with E-state index in [1.807, 2.05) is 37.3 Å². The summed E-state index contributed by atoms with van der Waals surface area (Å²) < 4.78 is 24.2. The van der Waals surface area contributed by atoms with E-state index >= 15 is 0 Å². The molecule has 0 fully saturated rings. The summed E-state index contributed by atoms with van der Waals surface area (Å²) in [7, 11) is -3.83. The van der Waals surface area contributed by atoms with Gasteiger partial charge in [-0.25, -0.2) is 13.6 Å². The number of anilines is 1. The van der Waals surface area contributed by atoms with Crippen molar-refractivity contribution < 1.29 is 13.2 Å². The van der Waals surface area contributed by atoms with Gasteiger partial charge < -0.3 is 5.32 Å². The van der Waals surface area contributed by atoms with Gasteiger partial charge in [-0.05, 0) is 54.6 Å².